The van der Waals surface area contributed by atoms with Crippen LogP contribution in [0.5, 0.6) is 0 Å². The highest BCUT2D eigenvalue weighted by Gasteiger charge is 2.39. The molecule has 0 aliphatic rings. The van der Waals surface area contributed by atoms with E-state index in [4.69, 9.17) is 5.73 Å². The fourth-order valence-corrected chi connectivity index (χ4v) is 1.34. The van der Waals surface area contributed by atoms with Gasteiger partial charge in [0.25, 0.3) is 0 Å². The first-order chi connectivity index (χ1) is 8.79. The average molecular weight is 274 g/mol. The molecule has 0 aliphatic carbocycles. The first-order valence-electron chi connectivity index (χ1n) is 5.50. The van der Waals surface area contributed by atoms with Gasteiger partial charge in [-0.05, 0) is 24.1 Å². The van der Waals surface area contributed by atoms with Crippen molar-refractivity contribution in [1.29, 1.82) is 0 Å². The van der Waals surface area contributed by atoms with Gasteiger partial charge in [0.2, 0.25) is 11.7 Å². The van der Waals surface area contributed by atoms with Crippen LogP contribution in [0, 0.1) is 0 Å². The molecular formula is C12H13F3N2O2. The molecule has 1 rings (SSSR count). The van der Waals surface area contributed by atoms with E-state index < -0.39 is 24.3 Å². The normalized spacial score (nSPS) is 11.1. The Morgan fingerprint density at radius 1 is 1.16 bits per heavy atom. The third kappa shape index (κ3) is 5.41. The summed E-state index contributed by atoms with van der Waals surface area (Å²) in [5, 5.41) is 2.26. The van der Waals surface area contributed by atoms with Gasteiger partial charge in [-0.25, -0.2) is 0 Å². The molecule has 0 saturated carbocycles. The number of nitrogen functional groups attached to an aromatic ring is 1. The number of carbonyl (C=O) groups is 2. The molecule has 3 N–H and O–H groups in total. The lowest BCUT2D eigenvalue weighted by Gasteiger charge is -2.07. The molecule has 1 aromatic rings. The van der Waals surface area contributed by atoms with E-state index in [2.05, 4.69) is 5.32 Å². The molecule has 0 atom stereocenters. The summed E-state index contributed by atoms with van der Waals surface area (Å²) in [5.74, 6) is -2.98. The molecule has 4 nitrogen and oxygen atoms in total. The summed E-state index contributed by atoms with van der Waals surface area (Å²) in [6, 6.07) is 6.87. The van der Waals surface area contributed by atoms with Gasteiger partial charge in [0.15, 0.2) is 0 Å². The summed E-state index contributed by atoms with van der Waals surface area (Å²) in [5.41, 5.74) is 6.97. The van der Waals surface area contributed by atoms with Gasteiger partial charge in [0.1, 0.15) is 0 Å². The number of amides is 1. The lowest BCUT2D eigenvalue weighted by Crippen LogP contribution is -2.32. The highest BCUT2D eigenvalue weighted by Crippen LogP contribution is 2.17. The Hall–Kier alpha value is -2.05. The van der Waals surface area contributed by atoms with Gasteiger partial charge in [-0.2, -0.15) is 13.2 Å². The summed E-state index contributed by atoms with van der Waals surface area (Å²) < 4.78 is 35.7. The van der Waals surface area contributed by atoms with Gasteiger partial charge in [-0.15, -0.1) is 0 Å². The molecule has 0 heterocycles. The van der Waals surface area contributed by atoms with Crippen molar-refractivity contribution in [3.63, 3.8) is 0 Å². The number of nitrogens with one attached hydrogen (secondary N) is 1. The smallest absolute Gasteiger partial charge is 0.399 e. The second-order valence-electron chi connectivity index (χ2n) is 3.94. The Balaban J connectivity index is 2.31. The minimum atomic E-state index is -4.96. The lowest BCUT2D eigenvalue weighted by molar-refractivity contribution is -0.172. The fourth-order valence-electron chi connectivity index (χ4n) is 1.34. The molecule has 0 radical (unpaired) electrons. The van der Waals surface area contributed by atoms with Gasteiger partial charge in [-0.1, -0.05) is 12.1 Å². The number of Topliss-reactive ketones (excluding diaryl/α,β-unsaturated/α-hetero) is 1. The van der Waals surface area contributed by atoms with E-state index in [9.17, 15) is 22.8 Å². The molecule has 0 unspecified atom stereocenters. The van der Waals surface area contributed by atoms with Gasteiger partial charge < -0.3 is 11.1 Å². The molecule has 104 valence electrons. The molecule has 19 heavy (non-hydrogen) atoms. The topological polar surface area (TPSA) is 72.2 Å². The van der Waals surface area contributed by atoms with Crippen LogP contribution < -0.4 is 11.1 Å². The molecule has 7 heteroatoms. The number of alkyl halides is 3. The van der Waals surface area contributed by atoms with Crippen LogP contribution >= 0.6 is 0 Å². The maximum atomic E-state index is 11.9. The molecule has 0 aromatic heterocycles. The monoisotopic (exact) mass is 274 g/mol. The van der Waals surface area contributed by atoms with Gasteiger partial charge in [0.05, 0.1) is 6.42 Å². The van der Waals surface area contributed by atoms with E-state index >= 15 is 0 Å². The minimum absolute atomic E-state index is 0.161. The third-order valence-corrected chi connectivity index (χ3v) is 2.35. The Kier molecular flexibility index (Phi) is 4.91. The number of nitrogens with two attached hydrogens (primary N) is 1. The molecule has 1 aromatic carbocycles. The van der Waals surface area contributed by atoms with E-state index in [1.165, 1.54) is 0 Å². The van der Waals surface area contributed by atoms with Gasteiger partial charge in [0, 0.05) is 12.2 Å². The quantitative estimate of drug-likeness (QED) is 0.630. The van der Waals surface area contributed by atoms with Crippen molar-refractivity contribution in [2.24, 2.45) is 0 Å². The summed E-state index contributed by atoms with van der Waals surface area (Å²) in [6.45, 7) is 0.161. The maximum Gasteiger partial charge on any atom is 0.450 e. The van der Waals surface area contributed by atoms with Crippen molar-refractivity contribution < 1.29 is 22.8 Å². The van der Waals surface area contributed by atoms with Crippen molar-refractivity contribution >= 4 is 17.4 Å². The second kappa shape index (κ2) is 6.21. The summed E-state index contributed by atoms with van der Waals surface area (Å²) in [7, 11) is 0. The van der Waals surface area contributed by atoms with E-state index in [1.54, 1.807) is 24.3 Å². The zero-order valence-corrected chi connectivity index (χ0v) is 9.96. The molecule has 0 fully saturated rings. The maximum absolute atomic E-state index is 11.9. The van der Waals surface area contributed by atoms with Crippen molar-refractivity contribution in [3.8, 4) is 0 Å². The van der Waals surface area contributed by atoms with Crippen LogP contribution in [-0.2, 0) is 16.0 Å². The zero-order chi connectivity index (χ0) is 14.5. The third-order valence-electron chi connectivity index (χ3n) is 2.35. The molecule has 0 bridgehead atoms. The predicted octanol–water partition coefficient (Wildman–Crippen LogP) is 1.45. The van der Waals surface area contributed by atoms with Crippen molar-refractivity contribution in [3.05, 3.63) is 29.8 Å². The molecular weight excluding hydrogens is 261 g/mol. The van der Waals surface area contributed by atoms with E-state index in [-0.39, 0.29) is 6.54 Å². The summed E-state index contributed by atoms with van der Waals surface area (Å²) >= 11 is 0. The van der Waals surface area contributed by atoms with Crippen LogP contribution in [0.3, 0.4) is 0 Å². The van der Waals surface area contributed by atoms with Crippen LogP contribution in [0.2, 0.25) is 0 Å². The number of benzene rings is 1. The summed E-state index contributed by atoms with van der Waals surface area (Å²) in [6.07, 6.45) is -5.69. The first kappa shape index (κ1) is 15.0. The number of hydrogen-bond donors (Lipinski definition) is 2. The SMILES string of the molecule is Nc1ccc(CCNC(=O)CC(=O)C(F)(F)F)cc1. The van der Waals surface area contributed by atoms with Crippen LogP contribution in [0.15, 0.2) is 24.3 Å². The van der Waals surface area contributed by atoms with Crippen LogP contribution in [-0.4, -0.2) is 24.4 Å². The number of hydrogen-bond acceptors (Lipinski definition) is 3. The number of anilines is 1. The molecule has 0 saturated heterocycles. The van der Waals surface area contributed by atoms with Crippen LogP contribution in [0.25, 0.3) is 0 Å². The average Bonchev–Trinajstić information content (AvgIpc) is 2.30. The second-order valence-corrected chi connectivity index (χ2v) is 3.94. The Bertz CT molecular complexity index is 455. The molecule has 1 amide bonds. The predicted molar refractivity (Wildman–Crippen MR) is 63.2 cm³/mol. The van der Waals surface area contributed by atoms with E-state index in [0.717, 1.165) is 5.56 Å². The fraction of sp³-hybridized carbons (Fsp3) is 0.333. The highest BCUT2D eigenvalue weighted by atomic mass is 19.4. The number of ketones is 1. The van der Waals surface area contributed by atoms with Crippen LogP contribution in [0.1, 0.15) is 12.0 Å². The lowest BCUT2D eigenvalue weighted by atomic mass is 10.1. The minimum Gasteiger partial charge on any atom is -0.399 e. The first-order valence-corrected chi connectivity index (χ1v) is 5.50. The summed E-state index contributed by atoms with van der Waals surface area (Å²) in [4.78, 5) is 21.6. The van der Waals surface area contributed by atoms with E-state index in [0.29, 0.717) is 12.1 Å². The highest BCUT2D eigenvalue weighted by molar-refractivity contribution is 6.00. The Labute approximate surface area is 107 Å². The van der Waals surface area contributed by atoms with Gasteiger partial charge in [-0.3, -0.25) is 9.59 Å². The number of halogens is 3. The van der Waals surface area contributed by atoms with Crippen LogP contribution in [0.4, 0.5) is 18.9 Å². The van der Waals surface area contributed by atoms with Crippen molar-refractivity contribution in [2.75, 3.05) is 12.3 Å². The zero-order valence-electron chi connectivity index (χ0n) is 9.96. The number of rotatable bonds is 5. The number of carbonyl (C=O) groups excluding carboxylic acids is 2. The Morgan fingerprint density at radius 2 is 1.74 bits per heavy atom. The Morgan fingerprint density at radius 3 is 2.26 bits per heavy atom. The van der Waals surface area contributed by atoms with Gasteiger partial charge >= 0.3 is 6.18 Å². The van der Waals surface area contributed by atoms with E-state index in [1.807, 2.05) is 0 Å². The molecule has 0 aliphatic heterocycles. The standard InChI is InChI=1S/C12H13F3N2O2/c13-12(14,15)10(18)7-11(19)17-6-5-8-1-3-9(16)4-2-8/h1-4H,5-7,16H2,(H,17,19). The molecule has 0 spiro atoms. The van der Waals surface area contributed by atoms with Crippen molar-refractivity contribution in [2.45, 2.75) is 19.0 Å². The largest absolute Gasteiger partial charge is 0.450 e. The van der Waals surface area contributed by atoms with Crippen molar-refractivity contribution in [1.82, 2.24) is 5.32 Å².